The van der Waals surface area contributed by atoms with Gasteiger partial charge in [0, 0.05) is 11.8 Å². The topological polar surface area (TPSA) is 98.5 Å². The van der Waals surface area contributed by atoms with Gasteiger partial charge in [0.25, 0.3) is 11.6 Å². The molecule has 140 valence electrons. The molecule has 0 bridgehead atoms. The van der Waals surface area contributed by atoms with Crippen molar-refractivity contribution in [3.05, 3.63) is 68.2 Å². The Morgan fingerprint density at radius 1 is 1.15 bits per heavy atom. The van der Waals surface area contributed by atoms with E-state index in [1.807, 2.05) is 18.2 Å². The van der Waals surface area contributed by atoms with Gasteiger partial charge in [-0.1, -0.05) is 29.8 Å². The third-order valence-corrected chi connectivity index (χ3v) is 4.62. The van der Waals surface area contributed by atoms with Crippen LogP contribution >= 0.6 is 11.6 Å². The van der Waals surface area contributed by atoms with Crippen LogP contribution in [-0.2, 0) is 33.6 Å². The van der Waals surface area contributed by atoms with Crippen molar-refractivity contribution >= 4 is 34.9 Å². The predicted molar refractivity (Wildman–Crippen MR) is 99.9 cm³/mol. The van der Waals surface area contributed by atoms with Crippen LogP contribution in [0.15, 0.2) is 36.4 Å². The number of rotatable bonds is 6. The van der Waals surface area contributed by atoms with E-state index in [1.54, 1.807) is 0 Å². The first-order chi connectivity index (χ1) is 12.9. The van der Waals surface area contributed by atoms with Gasteiger partial charge in [-0.2, -0.15) is 0 Å². The molecule has 0 aliphatic heterocycles. The highest BCUT2D eigenvalue weighted by atomic mass is 35.5. The van der Waals surface area contributed by atoms with Crippen molar-refractivity contribution in [1.29, 1.82) is 0 Å². The van der Waals surface area contributed by atoms with Gasteiger partial charge in [0.1, 0.15) is 5.02 Å². The summed E-state index contributed by atoms with van der Waals surface area (Å²) in [6.45, 7) is -0.472. The van der Waals surface area contributed by atoms with Gasteiger partial charge in [-0.15, -0.1) is 0 Å². The van der Waals surface area contributed by atoms with E-state index in [0.29, 0.717) is 0 Å². The van der Waals surface area contributed by atoms with Gasteiger partial charge in [-0.25, -0.2) is 0 Å². The third-order valence-electron chi connectivity index (χ3n) is 4.30. The highest BCUT2D eigenvalue weighted by molar-refractivity contribution is 6.32. The van der Waals surface area contributed by atoms with E-state index in [4.69, 9.17) is 16.3 Å². The Labute approximate surface area is 160 Å². The van der Waals surface area contributed by atoms with Crippen LogP contribution in [0, 0.1) is 10.1 Å². The number of nitrogens with zero attached hydrogens (tertiary/aromatic N) is 1. The minimum absolute atomic E-state index is 0.0289. The summed E-state index contributed by atoms with van der Waals surface area (Å²) in [5.41, 5.74) is 3.33. The maximum atomic E-state index is 11.9. The Kier molecular flexibility index (Phi) is 5.71. The fourth-order valence-electron chi connectivity index (χ4n) is 3.03. The number of halogens is 1. The summed E-state index contributed by atoms with van der Waals surface area (Å²) in [6.07, 6.45) is 3.32. The summed E-state index contributed by atoms with van der Waals surface area (Å²) in [5.74, 6) is -1.10. The maximum absolute atomic E-state index is 11.9. The lowest BCUT2D eigenvalue weighted by Crippen LogP contribution is -2.21. The van der Waals surface area contributed by atoms with Crippen LogP contribution in [0.4, 0.5) is 11.4 Å². The number of esters is 1. The molecule has 0 saturated heterocycles. The number of fused-ring (bicyclic) bond motifs is 1. The first kappa shape index (κ1) is 18.8. The molecule has 0 atom stereocenters. The van der Waals surface area contributed by atoms with E-state index in [9.17, 15) is 19.7 Å². The molecule has 2 aromatic carbocycles. The van der Waals surface area contributed by atoms with Crippen molar-refractivity contribution in [2.24, 2.45) is 0 Å². The van der Waals surface area contributed by atoms with Gasteiger partial charge in [0.2, 0.25) is 0 Å². The normalized spacial score (nSPS) is 12.3. The number of carbonyl (C=O) groups is 2. The molecule has 8 heteroatoms. The van der Waals surface area contributed by atoms with Crippen molar-refractivity contribution in [2.75, 3.05) is 11.9 Å². The zero-order chi connectivity index (χ0) is 19.4. The Morgan fingerprint density at radius 2 is 1.93 bits per heavy atom. The molecule has 0 saturated carbocycles. The Morgan fingerprint density at radius 3 is 2.70 bits per heavy atom. The van der Waals surface area contributed by atoms with Gasteiger partial charge >= 0.3 is 5.97 Å². The molecular formula is C19H17ClN2O5. The number of hydrogen-bond donors (Lipinski definition) is 1. The largest absolute Gasteiger partial charge is 0.455 e. The number of nitrogens with one attached hydrogen (secondary N) is 1. The highest BCUT2D eigenvalue weighted by Gasteiger charge is 2.16. The summed E-state index contributed by atoms with van der Waals surface area (Å²) in [5, 5.41) is 13.3. The van der Waals surface area contributed by atoms with Crippen LogP contribution in [-0.4, -0.2) is 23.4 Å². The Balaban J connectivity index is 1.51. The molecule has 3 rings (SSSR count). The monoisotopic (exact) mass is 388 g/mol. The van der Waals surface area contributed by atoms with Crippen molar-refractivity contribution in [3.8, 4) is 0 Å². The molecule has 0 radical (unpaired) electrons. The quantitative estimate of drug-likeness (QED) is 0.464. The van der Waals surface area contributed by atoms with E-state index in [-0.39, 0.29) is 22.8 Å². The van der Waals surface area contributed by atoms with Crippen molar-refractivity contribution in [3.63, 3.8) is 0 Å². The van der Waals surface area contributed by atoms with Crippen LogP contribution in [0.1, 0.15) is 23.1 Å². The summed E-state index contributed by atoms with van der Waals surface area (Å²) < 4.78 is 4.99. The number of nitro benzene ring substituents is 1. The van der Waals surface area contributed by atoms with Gasteiger partial charge in [0.15, 0.2) is 6.61 Å². The molecule has 1 amide bonds. The third kappa shape index (κ3) is 4.83. The molecule has 1 aliphatic rings. The minimum atomic E-state index is -0.644. The molecule has 2 aromatic rings. The van der Waals surface area contributed by atoms with Crippen molar-refractivity contribution in [1.82, 2.24) is 0 Å². The zero-order valence-electron chi connectivity index (χ0n) is 14.4. The molecule has 0 fully saturated rings. The summed E-state index contributed by atoms with van der Waals surface area (Å²) in [4.78, 5) is 34.1. The molecule has 0 aromatic heterocycles. The van der Waals surface area contributed by atoms with Gasteiger partial charge in [-0.05, 0) is 48.1 Å². The SMILES string of the molecule is O=C(COC(=O)Cc1ccc2c(c1)CCC2)Nc1ccc(Cl)c([N+](=O)[O-])c1. The average molecular weight is 389 g/mol. The standard InChI is InChI=1S/C19H17ClN2O5/c20-16-7-6-15(10-17(16)22(25)26)21-18(23)11-27-19(24)9-12-4-5-13-2-1-3-14(13)8-12/h4-8,10H,1-3,9,11H2,(H,21,23). The number of nitro groups is 1. The maximum Gasteiger partial charge on any atom is 0.310 e. The average Bonchev–Trinajstić information content (AvgIpc) is 3.09. The molecule has 1 aliphatic carbocycles. The van der Waals surface area contributed by atoms with E-state index in [2.05, 4.69) is 5.32 Å². The second-order valence-corrected chi connectivity index (χ2v) is 6.67. The van der Waals surface area contributed by atoms with Gasteiger partial charge in [-0.3, -0.25) is 19.7 Å². The van der Waals surface area contributed by atoms with Gasteiger partial charge in [0.05, 0.1) is 11.3 Å². The van der Waals surface area contributed by atoms with Gasteiger partial charge < -0.3 is 10.1 Å². The fourth-order valence-corrected chi connectivity index (χ4v) is 3.21. The molecule has 0 unspecified atom stereocenters. The summed E-state index contributed by atoms with van der Waals surface area (Å²) in [6, 6.07) is 9.83. The molecular weight excluding hydrogens is 372 g/mol. The molecule has 27 heavy (non-hydrogen) atoms. The first-order valence-electron chi connectivity index (χ1n) is 8.42. The number of ether oxygens (including phenoxy) is 1. The lowest BCUT2D eigenvalue weighted by atomic mass is 10.0. The predicted octanol–water partition coefficient (Wildman–Crippen LogP) is 3.46. The van der Waals surface area contributed by atoms with Crippen LogP contribution in [0.25, 0.3) is 0 Å². The number of carbonyl (C=O) groups excluding carboxylic acids is 2. The minimum Gasteiger partial charge on any atom is -0.455 e. The van der Waals surface area contributed by atoms with E-state index in [0.717, 1.165) is 30.9 Å². The Bertz CT molecular complexity index is 913. The van der Waals surface area contributed by atoms with Crippen molar-refractivity contribution < 1.29 is 19.2 Å². The summed E-state index contributed by atoms with van der Waals surface area (Å²) >= 11 is 5.72. The van der Waals surface area contributed by atoms with Crippen molar-refractivity contribution in [2.45, 2.75) is 25.7 Å². The second-order valence-electron chi connectivity index (χ2n) is 6.27. The second kappa shape index (κ2) is 8.18. The number of benzene rings is 2. The fraction of sp³-hybridized carbons (Fsp3) is 0.263. The van der Waals surface area contributed by atoms with Crippen LogP contribution < -0.4 is 5.32 Å². The van der Waals surface area contributed by atoms with E-state index < -0.39 is 23.4 Å². The smallest absolute Gasteiger partial charge is 0.310 e. The van der Waals surface area contributed by atoms with E-state index in [1.165, 1.54) is 23.3 Å². The van der Waals surface area contributed by atoms with E-state index >= 15 is 0 Å². The lowest BCUT2D eigenvalue weighted by Gasteiger charge is -2.08. The summed E-state index contributed by atoms with van der Waals surface area (Å²) in [7, 11) is 0. The molecule has 7 nitrogen and oxygen atoms in total. The first-order valence-corrected chi connectivity index (χ1v) is 8.80. The van der Waals surface area contributed by atoms with Crippen LogP contribution in [0.2, 0.25) is 5.02 Å². The number of anilines is 1. The van der Waals surface area contributed by atoms with Crippen LogP contribution in [0.3, 0.4) is 0 Å². The molecule has 1 N–H and O–H groups in total. The number of aryl methyl sites for hydroxylation is 2. The lowest BCUT2D eigenvalue weighted by molar-refractivity contribution is -0.384. The van der Waals surface area contributed by atoms with Crippen LogP contribution in [0.5, 0.6) is 0 Å². The zero-order valence-corrected chi connectivity index (χ0v) is 15.1. The highest BCUT2D eigenvalue weighted by Crippen LogP contribution is 2.27. The molecule has 0 heterocycles. The molecule has 0 spiro atoms. The number of hydrogen-bond acceptors (Lipinski definition) is 5. The number of amides is 1. The Hall–Kier alpha value is -2.93.